The molecule has 0 aromatic heterocycles. The van der Waals surface area contributed by atoms with E-state index in [0.29, 0.717) is 0 Å². The second-order valence-electron chi connectivity index (χ2n) is 4.28. The monoisotopic (exact) mass is 324 g/mol. The van der Waals surface area contributed by atoms with E-state index >= 15 is 0 Å². The van der Waals surface area contributed by atoms with Gasteiger partial charge in [0.15, 0.2) is 6.61 Å². The minimum Gasteiger partial charge on any atom is -0.455 e. The first-order chi connectivity index (χ1) is 10.3. The third kappa shape index (κ3) is 5.95. The van der Waals surface area contributed by atoms with Gasteiger partial charge in [-0.25, -0.2) is 8.42 Å². The Morgan fingerprint density at radius 1 is 1.27 bits per heavy atom. The Kier molecular flexibility index (Phi) is 6.56. The van der Waals surface area contributed by atoms with Gasteiger partial charge in [-0.05, 0) is 19.1 Å². The van der Waals surface area contributed by atoms with E-state index in [0.717, 1.165) is 5.56 Å². The lowest BCUT2D eigenvalue weighted by molar-refractivity contribution is -0.147. The molecule has 0 saturated heterocycles. The summed E-state index contributed by atoms with van der Waals surface area (Å²) >= 11 is 0. The fourth-order valence-corrected chi connectivity index (χ4v) is 2.32. The molecule has 0 bridgehead atoms. The summed E-state index contributed by atoms with van der Waals surface area (Å²) in [5.41, 5.74) is 0.913. The Balaban J connectivity index is 2.45. The number of carbonyl (C=O) groups excluding carboxylic acids is 2. The maximum absolute atomic E-state index is 11.9. The van der Waals surface area contributed by atoms with Crippen LogP contribution in [0, 0.1) is 19.3 Å². The molecule has 1 aromatic rings. The summed E-state index contributed by atoms with van der Waals surface area (Å²) in [5.74, 6) is 0.758. The van der Waals surface area contributed by atoms with Gasteiger partial charge in [-0.15, -0.1) is 6.42 Å². The molecule has 7 nitrogen and oxygen atoms in total. The lowest BCUT2D eigenvalue weighted by Gasteiger charge is -2.07. The Morgan fingerprint density at radius 3 is 2.50 bits per heavy atom. The second-order valence-corrected chi connectivity index (χ2v) is 6.05. The van der Waals surface area contributed by atoms with Crippen LogP contribution >= 0.6 is 0 Å². The van der Waals surface area contributed by atoms with Crippen molar-refractivity contribution in [3.8, 4) is 12.3 Å². The van der Waals surface area contributed by atoms with Crippen LogP contribution < -0.4 is 10.0 Å². The van der Waals surface area contributed by atoms with E-state index in [-0.39, 0.29) is 11.4 Å². The first kappa shape index (κ1) is 17.7. The number of carbonyl (C=O) groups is 2. The number of esters is 1. The van der Waals surface area contributed by atoms with Gasteiger partial charge in [0, 0.05) is 0 Å². The smallest absolute Gasteiger partial charge is 0.321 e. The summed E-state index contributed by atoms with van der Waals surface area (Å²) in [7, 11) is -3.80. The van der Waals surface area contributed by atoms with Crippen molar-refractivity contribution in [2.45, 2.75) is 11.8 Å². The number of nitrogens with one attached hydrogen (secondary N) is 2. The second kappa shape index (κ2) is 8.17. The molecular formula is C14H16N2O5S. The van der Waals surface area contributed by atoms with Crippen molar-refractivity contribution < 1.29 is 22.7 Å². The van der Waals surface area contributed by atoms with Crippen LogP contribution in [0.3, 0.4) is 0 Å². The number of ether oxygens (including phenoxy) is 1. The van der Waals surface area contributed by atoms with Crippen molar-refractivity contribution in [3.63, 3.8) is 0 Å². The highest BCUT2D eigenvalue weighted by Crippen LogP contribution is 2.09. The maximum Gasteiger partial charge on any atom is 0.321 e. The normalized spacial score (nSPS) is 10.5. The van der Waals surface area contributed by atoms with Crippen molar-refractivity contribution in [2.75, 3.05) is 19.7 Å². The predicted molar refractivity (Wildman–Crippen MR) is 79.2 cm³/mol. The van der Waals surface area contributed by atoms with Gasteiger partial charge in [-0.3, -0.25) is 9.59 Å². The van der Waals surface area contributed by atoms with Crippen LogP contribution in [0.2, 0.25) is 0 Å². The maximum atomic E-state index is 11.9. The van der Waals surface area contributed by atoms with Gasteiger partial charge >= 0.3 is 5.97 Å². The first-order valence-electron chi connectivity index (χ1n) is 6.27. The zero-order valence-electron chi connectivity index (χ0n) is 12.0. The third-order valence-electron chi connectivity index (χ3n) is 2.49. The molecule has 0 fully saturated rings. The van der Waals surface area contributed by atoms with Gasteiger partial charge in [0.05, 0.1) is 11.4 Å². The van der Waals surface area contributed by atoms with Crippen LogP contribution in [0.1, 0.15) is 5.56 Å². The lowest BCUT2D eigenvalue weighted by atomic mass is 10.2. The number of sulfonamides is 1. The third-order valence-corrected chi connectivity index (χ3v) is 3.91. The lowest BCUT2D eigenvalue weighted by Crippen LogP contribution is -2.34. The van der Waals surface area contributed by atoms with Gasteiger partial charge in [0.25, 0.3) is 5.91 Å². The Labute approximate surface area is 129 Å². The van der Waals surface area contributed by atoms with E-state index in [1.165, 1.54) is 12.1 Å². The summed E-state index contributed by atoms with van der Waals surface area (Å²) in [6.45, 7) is 0.758. The quantitative estimate of drug-likeness (QED) is 0.523. The number of terminal acetylenes is 1. The Hall–Kier alpha value is -2.37. The van der Waals surface area contributed by atoms with E-state index in [2.05, 4.69) is 20.7 Å². The van der Waals surface area contributed by atoms with Crippen molar-refractivity contribution in [1.29, 1.82) is 0 Å². The molecule has 1 rings (SSSR count). The number of hydrogen-bond donors (Lipinski definition) is 2. The number of benzene rings is 1. The molecule has 0 aliphatic heterocycles. The van der Waals surface area contributed by atoms with Crippen LogP contribution in [-0.4, -0.2) is 40.0 Å². The zero-order chi connectivity index (χ0) is 16.6. The predicted octanol–water partition coefficient (Wildman–Crippen LogP) is -0.434. The van der Waals surface area contributed by atoms with E-state index in [1.54, 1.807) is 12.1 Å². The highest BCUT2D eigenvalue weighted by molar-refractivity contribution is 7.89. The average molecular weight is 324 g/mol. The topological polar surface area (TPSA) is 102 Å². The minimum atomic E-state index is -3.80. The fourth-order valence-electron chi connectivity index (χ4n) is 1.35. The van der Waals surface area contributed by atoms with Crippen molar-refractivity contribution in [1.82, 2.24) is 10.0 Å². The minimum absolute atomic E-state index is 0.0242. The SMILES string of the molecule is C#CCNC(=O)COC(=O)CNS(=O)(=O)c1ccc(C)cc1. The van der Waals surface area contributed by atoms with Gasteiger partial charge in [-0.2, -0.15) is 4.72 Å². The molecule has 0 spiro atoms. The molecule has 0 aliphatic carbocycles. The molecule has 0 heterocycles. The molecule has 8 heteroatoms. The van der Waals surface area contributed by atoms with E-state index in [9.17, 15) is 18.0 Å². The Morgan fingerprint density at radius 2 is 1.91 bits per heavy atom. The summed E-state index contributed by atoms with van der Waals surface area (Å²) in [5, 5.41) is 2.30. The average Bonchev–Trinajstić information content (AvgIpc) is 2.49. The molecule has 118 valence electrons. The molecule has 0 saturated carbocycles. The molecule has 0 unspecified atom stereocenters. The van der Waals surface area contributed by atoms with Crippen molar-refractivity contribution in [3.05, 3.63) is 29.8 Å². The van der Waals surface area contributed by atoms with Crippen LogP contribution in [0.5, 0.6) is 0 Å². The van der Waals surface area contributed by atoms with Gasteiger partial charge < -0.3 is 10.1 Å². The molecule has 1 amide bonds. The summed E-state index contributed by atoms with van der Waals surface area (Å²) < 4.78 is 30.5. The Bertz CT molecular complexity index is 674. The summed E-state index contributed by atoms with van der Waals surface area (Å²) in [6.07, 6.45) is 4.94. The first-order valence-corrected chi connectivity index (χ1v) is 7.75. The highest BCUT2D eigenvalue weighted by Gasteiger charge is 2.16. The molecule has 0 atom stereocenters. The highest BCUT2D eigenvalue weighted by atomic mass is 32.2. The fraction of sp³-hybridized carbons (Fsp3) is 0.286. The molecule has 0 aliphatic rings. The molecule has 22 heavy (non-hydrogen) atoms. The number of hydrogen-bond acceptors (Lipinski definition) is 5. The molecular weight excluding hydrogens is 308 g/mol. The van der Waals surface area contributed by atoms with Crippen LogP contribution in [-0.2, 0) is 24.3 Å². The van der Waals surface area contributed by atoms with Crippen molar-refractivity contribution >= 4 is 21.9 Å². The van der Waals surface area contributed by atoms with Gasteiger partial charge in [0.1, 0.15) is 6.54 Å². The van der Waals surface area contributed by atoms with Crippen LogP contribution in [0.15, 0.2) is 29.2 Å². The van der Waals surface area contributed by atoms with E-state index < -0.39 is 35.1 Å². The molecule has 0 radical (unpaired) electrons. The van der Waals surface area contributed by atoms with Gasteiger partial charge in [0.2, 0.25) is 10.0 Å². The van der Waals surface area contributed by atoms with E-state index in [1.807, 2.05) is 6.92 Å². The number of rotatable bonds is 7. The summed E-state index contributed by atoms with van der Waals surface area (Å²) in [6, 6.07) is 6.14. The van der Waals surface area contributed by atoms with Gasteiger partial charge in [-0.1, -0.05) is 23.6 Å². The van der Waals surface area contributed by atoms with Crippen molar-refractivity contribution in [2.24, 2.45) is 0 Å². The van der Waals surface area contributed by atoms with Crippen LogP contribution in [0.25, 0.3) is 0 Å². The molecule has 1 aromatic carbocycles. The van der Waals surface area contributed by atoms with Crippen LogP contribution in [0.4, 0.5) is 0 Å². The molecule has 2 N–H and O–H groups in total. The largest absolute Gasteiger partial charge is 0.455 e. The standard InChI is InChI=1S/C14H16N2O5S/c1-3-8-15-13(17)10-21-14(18)9-16-22(19,20)12-6-4-11(2)5-7-12/h1,4-7,16H,8-10H2,2H3,(H,15,17). The number of amides is 1. The zero-order valence-corrected chi connectivity index (χ0v) is 12.8. The number of aryl methyl sites for hydroxylation is 1. The van der Waals surface area contributed by atoms with E-state index in [4.69, 9.17) is 6.42 Å². The summed E-state index contributed by atoms with van der Waals surface area (Å²) in [4.78, 5) is 22.6.